The van der Waals surface area contributed by atoms with Crippen LogP contribution in [0.4, 0.5) is 0 Å². The van der Waals surface area contributed by atoms with Crippen molar-refractivity contribution in [3.63, 3.8) is 0 Å². The predicted molar refractivity (Wildman–Crippen MR) is 175 cm³/mol. The van der Waals surface area contributed by atoms with Gasteiger partial charge in [-0.1, -0.05) is 14.0 Å². The Labute approximate surface area is 270 Å². The maximum atomic E-state index is 10.6. The van der Waals surface area contributed by atoms with Gasteiger partial charge in [0.2, 0.25) is 0 Å². The molecule has 0 aliphatic heterocycles. The number of hydrogen-bond donors (Lipinski definition) is 10. The molecule has 0 bridgehead atoms. The highest BCUT2D eigenvalue weighted by molar-refractivity contribution is 5.81. The quantitative estimate of drug-likeness (QED) is 0.0385. The van der Waals surface area contributed by atoms with Gasteiger partial charge in [0, 0.05) is 25.7 Å². The molecular weight excluding hydrogens is 600 g/mol. The standard InChI is InChI=1S/3C6H13NO3.C5H8O3.3CH5N.CH4/c3*1-7-3-2-6(9)10-5-4-8;1-2-5(7)8-4-3-6;3*1-2;/h3*7-8H,2-5H2,1H3;2,6H,1,3-4H2;3*2H2,1H3;1H4. The maximum Gasteiger partial charge on any atom is 0.330 e. The highest BCUT2D eigenvalue weighted by atomic mass is 16.6. The molecule has 13 N–H and O–H groups in total. The van der Waals surface area contributed by atoms with E-state index in [1.165, 1.54) is 21.1 Å². The smallest absolute Gasteiger partial charge is 0.330 e. The molecule has 0 aromatic heterocycles. The van der Waals surface area contributed by atoms with Crippen molar-refractivity contribution in [2.45, 2.75) is 26.7 Å². The summed E-state index contributed by atoms with van der Waals surface area (Å²) in [7, 11) is 9.79. The normalized spacial score (nSPS) is 8.11. The van der Waals surface area contributed by atoms with Crippen LogP contribution in [0, 0.1) is 0 Å². The Morgan fingerprint density at radius 3 is 0.956 bits per heavy atom. The van der Waals surface area contributed by atoms with E-state index in [1.807, 2.05) is 0 Å². The van der Waals surface area contributed by atoms with Crippen LogP contribution < -0.4 is 33.2 Å². The Morgan fingerprint density at radius 1 is 0.556 bits per heavy atom. The topological polar surface area (TPSA) is 300 Å². The number of carbonyl (C=O) groups is 4. The van der Waals surface area contributed by atoms with Gasteiger partial charge < -0.3 is 72.5 Å². The molecule has 0 unspecified atom stereocenters. The molecule has 18 heteroatoms. The van der Waals surface area contributed by atoms with E-state index < -0.39 is 5.97 Å². The van der Waals surface area contributed by atoms with Crippen molar-refractivity contribution >= 4 is 23.9 Å². The first-order valence-corrected chi connectivity index (χ1v) is 13.6. The molecule has 0 fully saturated rings. The van der Waals surface area contributed by atoms with E-state index in [4.69, 9.17) is 20.4 Å². The van der Waals surface area contributed by atoms with Crippen molar-refractivity contribution in [2.24, 2.45) is 17.2 Å². The van der Waals surface area contributed by atoms with E-state index in [-0.39, 0.29) is 78.2 Å². The average molecular weight is 667 g/mol. The maximum absolute atomic E-state index is 10.6. The van der Waals surface area contributed by atoms with E-state index in [0.717, 1.165) is 6.08 Å². The predicted octanol–water partition coefficient (Wildman–Crippen LogP) is -3.54. The minimum Gasteiger partial charge on any atom is -0.463 e. The molecule has 0 rings (SSSR count). The molecule has 0 saturated heterocycles. The van der Waals surface area contributed by atoms with E-state index in [1.54, 1.807) is 21.1 Å². The lowest BCUT2D eigenvalue weighted by Gasteiger charge is -2.00. The second kappa shape index (κ2) is 68.4. The molecule has 0 saturated carbocycles. The molecule has 0 radical (unpaired) electrons. The fraction of sp³-hybridized carbons (Fsp3) is 0.778. The van der Waals surface area contributed by atoms with Crippen molar-refractivity contribution < 1.29 is 58.6 Å². The highest BCUT2D eigenvalue weighted by Crippen LogP contribution is 1.84. The number of hydrogen-bond acceptors (Lipinski definition) is 18. The van der Waals surface area contributed by atoms with E-state index >= 15 is 0 Å². The Bertz CT molecular complexity index is 491. The monoisotopic (exact) mass is 666 g/mol. The van der Waals surface area contributed by atoms with Crippen LogP contribution in [0.3, 0.4) is 0 Å². The molecule has 0 amide bonds. The SMILES string of the molecule is C.C=CC(=O)OCCO.CN.CN.CN.CNCCC(=O)OCCO.CNCCC(=O)OCCO.CNCCC(=O)OCCO. The van der Waals surface area contributed by atoms with E-state index in [2.05, 4.69) is 58.7 Å². The molecule has 45 heavy (non-hydrogen) atoms. The van der Waals surface area contributed by atoms with Gasteiger partial charge in [-0.3, -0.25) is 14.4 Å². The van der Waals surface area contributed by atoms with E-state index in [0.29, 0.717) is 38.9 Å². The van der Waals surface area contributed by atoms with Crippen LogP contribution in [-0.4, -0.2) is 159 Å². The minimum atomic E-state index is -0.501. The second-order valence-electron chi connectivity index (χ2n) is 6.49. The zero-order valence-electron chi connectivity index (χ0n) is 27.5. The number of aliphatic hydroxyl groups is 4. The Hall–Kier alpha value is -2.78. The Morgan fingerprint density at radius 2 is 0.778 bits per heavy atom. The van der Waals surface area contributed by atoms with Crippen LogP contribution in [0.1, 0.15) is 26.7 Å². The summed E-state index contributed by atoms with van der Waals surface area (Å²) in [6.45, 7) is 4.89. The van der Waals surface area contributed by atoms with Crippen LogP contribution in [0.2, 0.25) is 0 Å². The average Bonchev–Trinajstić information content (AvgIpc) is 3.08. The lowest BCUT2D eigenvalue weighted by molar-refractivity contribution is -0.145. The molecule has 18 nitrogen and oxygen atoms in total. The number of ether oxygens (including phenoxy) is 4. The third-order valence-electron chi connectivity index (χ3n) is 3.30. The van der Waals surface area contributed by atoms with Gasteiger partial charge in [-0.15, -0.1) is 0 Å². The van der Waals surface area contributed by atoms with Crippen LogP contribution in [0.15, 0.2) is 12.7 Å². The third-order valence-corrected chi connectivity index (χ3v) is 3.30. The zero-order valence-corrected chi connectivity index (χ0v) is 27.5. The summed E-state index contributed by atoms with van der Waals surface area (Å²) < 4.78 is 18.0. The largest absolute Gasteiger partial charge is 0.463 e. The summed E-state index contributed by atoms with van der Waals surface area (Å²) in [5.41, 5.74) is 13.5. The number of carbonyl (C=O) groups excluding carboxylic acids is 4. The molecule has 0 heterocycles. The van der Waals surface area contributed by atoms with Gasteiger partial charge in [0.15, 0.2) is 0 Å². The van der Waals surface area contributed by atoms with Crippen molar-refractivity contribution in [1.29, 1.82) is 0 Å². The van der Waals surface area contributed by atoms with Crippen LogP contribution in [0.5, 0.6) is 0 Å². The zero-order chi connectivity index (χ0) is 35.9. The van der Waals surface area contributed by atoms with Gasteiger partial charge in [-0.05, 0) is 42.3 Å². The van der Waals surface area contributed by atoms with Gasteiger partial charge in [0.05, 0.1) is 45.7 Å². The van der Waals surface area contributed by atoms with Crippen molar-refractivity contribution in [3.05, 3.63) is 12.7 Å². The number of esters is 4. The second-order valence-corrected chi connectivity index (χ2v) is 6.49. The summed E-state index contributed by atoms with van der Waals surface area (Å²) in [5, 5.41) is 41.3. The first-order valence-electron chi connectivity index (χ1n) is 13.6. The van der Waals surface area contributed by atoms with Crippen LogP contribution in [0.25, 0.3) is 0 Å². The first kappa shape index (κ1) is 61.3. The minimum absolute atomic E-state index is 0. The molecule has 0 spiro atoms. The van der Waals surface area contributed by atoms with Crippen molar-refractivity contribution in [1.82, 2.24) is 16.0 Å². The third kappa shape index (κ3) is 85.6. The summed E-state index contributed by atoms with van der Waals surface area (Å²) in [5.74, 6) is -1.32. The van der Waals surface area contributed by atoms with Gasteiger partial charge in [-0.25, -0.2) is 4.79 Å². The number of nitrogens with one attached hydrogen (secondary N) is 3. The fourth-order valence-electron chi connectivity index (χ4n) is 1.58. The molecule has 0 aliphatic rings. The van der Waals surface area contributed by atoms with Gasteiger partial charge in [0.1, 0.15) is 26.4 Å². The van der Waals surface area contributed by atoms with Crippen LogP contribution >= 0.6 is 0 Å². The highest BCUT2D eigenvalue weighted by Gasteiger charge is 2.00. The van der Waals surface area contributed by atoms with Crippen molar-refractivity contribution in [2.75, 3.05) is 115 Å². The molecule has 276 valence electrons. The summed E-state index contributed by atoms with van der Waals surface area (Å²) in [6, 6.07) is 0. The number of aliphatic hydroxyl groups excluding tert-OH is 4. The first-order chi connectivity index (χ1) is 21.2. The number of nitrogens with two attached hydrogens (primary N) is 3. The van der Waals surface area contributed by atoms with Crippen molar-refractivity contribution in [3.8, 4) is 0 Å². The molecule has 0 aromatic carbocycles. The molecule has 0 aliphatic carbocycles. The van der Waals surface area contributed by atoms with Gasteiger partial charge >= 0.3 is 23.9 Å². The Kier molecular flexibility index (Phi) is 93.1. The van der Waals surface area contributed by atoms with Gasteiger partial charge in [-0.2, -0.15) is 0 Å². The van der Waals surface area contributed by atoms with Gasteiger partial charge in [0.25, 0.3) is 0 Å². The Balaban J connectivity index is -0.0000000635. The number of rotatable bonds is 18. The lowest BCUT2D eigenvalue weighted by Crippen LogP contribution is -2.16. The van der Waals surface area contributed by atoms with E-state index in [9.17, 15) is 19.2 Å². The lowest BCUT2D eigenvalue weighted by atomic mass is 10.4. The fourth-order valence-corrected chi connectivity index (χ4v) is 1.58. The summed E-state index contributed by atoms with van der Waals surface area (Å²) in [6.07, 6.45) is 2.12. The molecule has 0 aromatic rings. The van der Waals surface area contributed by atoms with Crippen LogP contribution in [-0.2, 0) is 38.1 Å². The summed E-state index contributed by atoms with van der Waals surface area (Å²) in [4.78, 5) is 41.9. The summed E-state index contributed by atoms with van der Waals surface area (Å²) >= 11 is 0. The molecular formula is C27H66N6O12. The molecule has 0 atom stereocenters.